The molecule has 0 aliphatic rings. The van der Waals surface area contributed by atoms with Crippen LogP contribution in [-0.2, 0) is 6.42 Å². The Bertz CT molecular complexity index is 577. The van der Waals surface area contributed by atoms with E-state index >= 15 is 0 Å². The van der Waals surface area contributed by atoms with Crippen molar-refractivity contribution in [1.82, 2.24) is 5.43 Å². The van der Waals surface area contributed by atoms with Gasteiger partial charge in [-0.05, 0) is 58.3 Å². The fourth-order valence-electron chi connectivity index (χ4n) is 1.89. The molecule has 3 N–H and O–H groups in total. The van der Waals surface area contributed by atoms with Gasteiger partial charge in [-0.3, -0.25) is 11.3 Å². The minimum absolute atomic E-state index is 0.0354. The van der Waals surface area contributed by atoms with E-state index in [1.165, 1.54) is 5.56 Å². The van der Waals surface area contributed by atoms with E-state index in [9.17, 15) is 0 Å². The summed E-state index contributed by atoms with van der Waals surface area (Å²) in [6.07, 6.45) is 0.800. The first-order valence-corrected chi connectivity index (χ1v) is 8.01. The number of nitrogens with two attached hydrogens (primary N) is 1. The number of halogens is 3. The average molecular weight is 452 g/mol. The van der Waals surface area contributed by atoms with Gasteiger partial charge in [-0.25, -0.2) is 0 Å². The van der Waals surface area contributed by atoms with E-state index in [2.05, 4.69) is 56.1 Å². The van der Waals surface area contributed by atoms with Gasteiger partial charge in [0.2, 0.25) is 0 Å². The van der Waals surface area contributed by atoms with Gasteiger partial charge in [0, 0.05) is 8.04 Å². The Balaban J connectivity index is 2.25. The Kier molecular flexibility index (Phi) is 5.65. The Labute approximate surface area is 140 Å². The Morgan fingerprint density at radius 1 is 1.26 bits per heavy atom. The molecule has 0 radical (unpaired) electrons. The summed E-state index contributed by atoms with van der Waals surface area (Å²) in [6, 6.07) is 14.2. The van der Waals surface area contributed by atoms with E-state index in [1.54, 1.807) is 0 Å². The Hall–Kier alpha value is -0.140. The Morgan fingerprint density at radius 3 is 2.63 bits per heavy atom. The second-order valence-corrected chi connectivity index (χ2v) is 6.61. The van der Waals surface area contributed by atoms with Crippen LogP contribution in [0.1, 0.15) is 17.2 Å². The summed E-state index contributed by atoms with van der Waals surface area (Å²) in [6.45, 7) is 0. The lowest BCUT2D eigenvalue weighted by Crippen LogP contribution is -2.29. The quantitative estimate of drug-likeness (QED) is 0.409. The zero-order valence-electron chi connectivity index (χ0n) is 10.0. The van der Waals surface area contributed by atoms with Gasteiger partial charge in [0.05, 0.1) is 11.1 Å². The van der Waals surface area contributed by atoms with Gasteiger partial charge in [-0.2, -0.15) is 0 Å². The fourth-order valence-corrected chi connectivity index (χ4v) is 2.86. The number of benzene rings is 2. The minimum atomic E-state index is 0.0354. The van der Waals surface area contributed by atoms with E-state index in [-0.39, 0.29) is 6.04 Å². The molecule has 2 rings (SSSR count). The molecule has 0 spiro atoms. The molecule has 0 aromatic heterocycles. The van der Waals surface area contributed by atoms with Crippen molar-refractivity contribution < 1.29 is 0 Å². The lowest BCUT2D eigenvalue weighted by Gasteiger charge is -2.18. The van der Waals surface area contributed by atoms with Crippen LogP contribution in [0.3, 0.4) is 0 Å². The minimum Gasteiger partial charge on any atom is -0.271 e. The van der Waals surface area contributed by atoms with Gasteiger partial charge in [-0.1, -0.05) is 51.8 Å². The van der Waals surface area contributed by atoms with Crippen LogP contribution in [0.2, 0.25) is 5.02 Å². The van der Waals surface area contributed by atoms with Gasteiger partial charge >= 0.3 is 0 Å². The number of nitrogens with one attached hydrogen (secondary N) is 1. The molecule has 0 amide bonds. The van der Waals surface area contributed by atoms with Gasteiger partial charge in [0.1, 0.15) is 0 Å². The van der Waals surface area contributed by atoms with Crippen LogP contribution >= 0.6 is 50.1 Å². The smallest absolute Gasteiger partial charge is 0.0542 e. The maximum Gasteiger partial charge on any atom is 0.0542 e. The molecule has 2 aromatic carbocycles. The van der Waals surface area contributed by atoms with E-state index < -0.39 is 0 Å². The van der Waals surface area contributed by atoms with Crippen molar-refractivity contribution in [3.8, 4) is 0 Å². The summed E-state index contributed by atoms with van der Waals surface area (Å²) in [5.41, 5.74) is 5.15. The lowest BCUT2D eigenvalue weighted by molar-refractivity contribution is 0.551. The second kappa shape index (κ2) is 7.04. The van der Waals surface area contributed by atoms with Crippen LogP contribution in [0.4, 0.5) is 0 Å². The van der Waals surface area contributed by atoms with Gasteiger partial charge < -0.3 is 0 Å². The van der Waals surface area contributed by atoms with Crippen molar-refractivity contribution >= 4 is 50.1 Å². The van der Waals surface area contributed by atoms with E-state index in [0.717, 1.165) is 25.0 Å². The summed E-state index contributed by atoms with van der Waals surface area (Å²) in [4.78, 5) is 0. The highest BCUT2D eigenvalue weighted by Crippen LogP contribution is 2.27. The highest BCUT2D eigenvalue weighted by Gasteiger charge is 2.13. The zero-order chi connectivity index (χ0) is 13.8. The maximum atomic E-state index is 6.16. The van der Waals surface area contributed by atoms with E-state index in [4.69, 9.17) is 17.4 Å². The van der Waals surface area contributed by atoms with E-state index in [0.29, 0.717) is 0 Å². The largest absolute Gasteiger partial charge is 0.271 e. The lowest BCUT2D eigenvalue weighted by atomic mass is 9.99. The molecule has 0 saturated carbocycles. The molecular formula is C14H13BrClIN2. The first kappa shape index (κ1) is 15.3. The summed E-state index contributed by atoms with van der Waals surface area (Å²) in [5.74, 6) is 5.68. The maximum absolute atomic E-state index is 6.16. The standard InChI is InChI=1S/C14H13BrClIN2/c15-11-4-2-1-3-9(11)8-14(19-18)10-5-6-13(17)12(16)7-10/h1-7,14,19H,8,18H2. The van der Waals surface area contributed by atoms with Crippen LogP contribution < -0.4 is 11.3 Å². The van der Waals surface area contributed by atoms with Crippen LogP contribution in [0.5, 0.6) is 0 Å². The van der Waals surface area contributed by atoms with E-state index in [1.807, 2.05) is 30.3 Å². The van der Waals surface area contributed by atoms with Crippen molar-refractivity contribution in [2.45, 2.75) is 12.5 Å². The number of hydrazine groups is 1. The normalized spacial score (nSPS) is 12.4. The molecule has 5 heteroatoms. The molecule has 19 heavy (non-hydrogen) atoms. The molecule has 0 aliphatic heterocycles. The molecule has 0 bridgehead atoms. The third-order valence-electron chi connectivity index (χ3n) is 2.93. The molecule has 0 fully saturated rings. The zero-order valence-corrected chi connectivity index (χ0v) is 14.5. The van der Waals surface area contributed by atoms with Gasteiger partial charge in [0.25, 0.3) is 0 Å². The second-order valence-electron chi connectivity index (χ2n) is 4.19. The monoisotopic (exact) mass is 450 g/mol. The predicted molar refractivity (Wildman–Crippen MR) is 92.1 cm³/mol. The molecule has 0 aliphatic carbocycles. The van der Waals surface area contributed by atoms with Crippen molar-refractivity contribution in [2.75, 3.05) is 0 Å². The highest BCUT2D eigenvalue weighted by molar-refractivity contribution is 14.1. The molecule has 1 unspecified atom stereocenters. The first-order chi connectivity index (χ1) is 9.11. The van der Waals surface area contributed by atoms with Gasteiger partial charge in [0.15, 0.2) is 0 Å². The molecular weight excluding hydrogens is 438 g/mol. The van der Waals surface area contributed by atoms with Crippen LogP contribution in [0, 0.1) is 3.57 Å². The summed E-state index contributed by atoms with van der Waals surface area (Å²) < 4.78 is 2.13. The average Bonchev–Trinajstić information content (AvgIpc) is 2.41. The van der Waals surface area contributed by atoms with Crippen LogP contribution in [0.15, 0.2) is 46.9 Å². The summed E-state index contributed by atoms with van der Waals surface area (Å²) >= 11 is 11.9. The van der Waals surface area contributed by atoms with Gasteiger partial charge in [-0.15, -0.1) is 0 Å². The van der Waals surface area contributed by atoms with Crippen molar-refractivity contribution in [3.63, 3.8) is 0 Å². The molecule has 2 nitrogen and oxygen atoms in total. The molecule has 1 atom stereocenters. The SMILES string of the molecule is NNC(Cc1ccccc1Br)c1ccc(I)c(Cl)c1. The Morgan fingerprint density at radius 2 is 2.00 bits per heavy atom. The van der Waals surface area contributed by atoms with Crippen molar-refractivity contribution in [1.29, 1.82) is 0 Å². The molecule has 0 heterocycles. The first-order valence-electron chi connectivity index (χ1n) is 5.76. The third-order valence-corrected chi connectivity index (χ3v) is 5.27. The molecule has 0 saturated heterocycles. The highest BCUT2D eigenvalue weighted by atomic mass is 127. The third kappa shape index (κ3) is 3.92. The van der Waals surface area contributed by atoms with Crippen molar-refractivity contribution in [2.24, 2.45) is 5.84 Å². The number of hydrogen-bond acceptors (Lipinski definition) is 2. The number of rotatable bonds is 4. The number of hydrogen-bond donors (Lipinski definition) is 2. The van der Waals surface area contributed by atoms with Crippen LogP contribution in [-0.4, -0.2) is 0 Å². The molecule has 2 aromatic rings. The van der Waals surface area contributed by atoms with Crippen LogP contribution in [0.25, 0.3) is 0 Å². The molecule has 100 valence electrons. The fraction of sp³-hybridized carbons (Fsp3) is 0.143. The summed E-state index contributed by atoms with van der Waals surface area (Å²) in [5, 5.41) is 0.755. The summed E-state index contributed by atoms with van der Waals surface area (Å²) in [7, 11) is 0. The topological polar surface area (TPSA) is 38.0 Å². The predicted octanol–water partition coefficient (Wildman–Crippen LogP) is 4.45. The van der Waals surface area contributed by atoms with Crippen molar-refractivity contribution in [3.05, 3.63) is 66.7 Å².